The van der Waals surface area contributed by atoms with E-state index in [0.717, 1.165) is 31.5 Å². The van der Waals surface area contributed by atoms with Gasteiger partial charge in [-0.2, -0.15) is 0 Å². The average Bonchev–Trinajstić information content (AvgIpc) is 3.22. The van der Waals surface area contributed by atoms with E-state index in [1.54, 1.807) is 12.1 Å². The molecule has 2 aromatic rings. The monoisotopic (exact) mass is 407 g/mol. The standard InChI is InChI=1S/C27H37NO2/c1-18(20-6-12-25(29)13-7-20)19(2)28-16-21-14-27(30,15-22(21)17-28)24-10-8-23(9-11-24)26(3,4)5/h6-13,18-19,21-22,29-30H,14-17H2,1-5H3/t18?,19?,21-,22+,27-. The van der Waals surface area contributed by atoms with Gasteiger partial charge in [-0.15, -0.1) is 0 Å². The molecule has 2 aromatic carbocycles. The molecular weight excluding hydrogens is 370 g/mol. The first-order valence-electron chi connectivity index (χ1n) is 11.4. The zero-order valence-electron chi connectivity index (χ0n) is 19.1. The van der Waals surface area contributed by atoms with Gasteiger partial charge in [0.05, 0.1) is 5.60 Å². The predicted octanol–water partition coefficient (Wildman–Crippen LogP) is 5.41. The van der Waals surface area contributed by atoms with Gasteiger partial charge in [0.25, 0.3) is 0 Å². The van der Waals surface area contributed by atoms with Gasteiger partial charge < -0.3 is 10.2 Å². The summed E-state index contributed by atoms with van der Waals surface area (Å²) in [7, 11) is 0. The first-order valence-corrected chi connectivity index (χ1v) is 11.4. The molecule has 0 bridgehead atoms. The Balaban J connectivity index is 1.41. The molecule has 1 saturated carbocycles. The van der Waals surface area contributed by atoms with Crippen molar-refractivity contribution in [3.05, 3.63) is 65.2 Å². The number of aliphatic hydroxyl groups is 1. The van der Waals surface area contributed by atoms with Crippen LogP contribution >= 0.6 is 0 Å². The van der Waals surface area contributed by atoms with Crippen LogP contribution in [0.2, 0.25) is 0 Å². The molecule has 2 aliphatic rings. The van der Waals surface area contributed by atoms with Crippen LogP contribution in [0.3, 0.4) is 0 Å². The Morgan fingerprint density at radius 3 is 1.93 bits per heavy atom. The lowest BCUT2D eigenvalue weighted by atomic mass is 9.84. The molecule has 1 aliphatic heterocycles. The van der Waals surface area contributed by atoms with Crippen molar-refractivity contribution in [1.82, 2.24) is 4.90 Å². The van der Waals surface area contributed by atoms with Gasteiger partial charge in [0.1, 0.15) is 5.75 Å². The van der Waals surface area contributed by atoms with Crippen molar-refractivity contribution < 1.29 is 10.2 Å². The second-order valence-corrected chi connectivity index (χ2v) is 10.9. The fourth-order valence-electron chi connectivity index (χ4n) is 5.61. The summed E-state index contributed by atoms with van der Waals surface area (Å²) in [6.45, 7) is 13.4. The van der Waals surface area contributed by atoms with Gasteiger partial charge in [-0.05, 0) is 71.8 Å². The van der Waals surface area contributed by atoms with Crippen molar-refractivity contribution in [3.8, 4) is 5.75 Å². The third kappa shape index (κ3) is 4.02. The van der Waals surface area contributed by atoms with E-state index < -0.39 is 5.60 Å². The summed E-state index contributed by atoms with van der Waals surface area (Å²) in [5, 5.41) is 21.0. The smallest absolute Gasteiger partial charge is 0.115 e. The van der Waals surface area contributed by atoms with Crippen LogP contribution in [0, 0.1) is 11.8 Å². The molecule has 1 saturated heterocycles. The quantitative estimate of drug-likeness (QED) is 0.712. The number of hydrogen-bond donors (Lipinski definition) is 2. The molecular formula is C27H37NO2. The maximum absolute atomic E-state index is 11.5. The van der Waals surface area contributed by atoms with Crippen LogP contribution in [0.1, 0.15) is 70.1 Å². The lowest BCUT2D eigenvalue weighted by Gasteiger charge is -2.32. The van der Waals surface area contributed by atoms with Crippen molar-refractivity contribution in [1.29, 1.82) is 0 Å². The Bertz CT molecular complexity index is 851. The summed E-state index contributed by atoms with van der Waals surface area (Å²) >= 11 is 0. The van der Waals surface area contributed by atoms with Gasteiger partial charge in [0, 0.05) is 19.1 Å². The number of benzene rings is 2. The van der Waals surface area contributed by atoms with E-state index >= 15 is 0 Å². The van der Waals surface area contributed by atoms with Gasteiger partial charge >= 0.3 is 0 Å². The molecule has 2 unspecified atom stereocenters. The Hall–Kier alpha value is -1.84. The van der Waals surface area contributed by atoms with E-state index in [1.807, 2.05) is 12.1 Å². The molecule has 0 amide bonds. The summed E-state index contributed by atoms with van der Waals surface area (Å²) in [5.74, 6) is 1.86. The molecule has 0 spiro atoms. The van der Waals surface area contributed by atoms with Crippen LogP contribution in [0.15, 0.2) is 48.5 Å². The van der Waals surface area contributed by atoms with E-state index in [4.69, 9.17) is 0 Å². The Kier molecular flexibility index (Phi) is 5.48. The van der Waals surface area contributed by atoms with E-state index in [0.29, 0.717) is 29.5 Å². The highest BCUT2D eigenvalue weighted by molar-refractivity contribution is 5.32. The van der Waals surface area contributed by atoms with Crippen LogP contribution in [-0.2, 0) is 11.0 Å². The minimum atomic E-state index is -0.677. The van der Waals surface area contributed by atoms with Crippen molar-refractivity contribution >= 4 is 0 Å². The maximum atomic E-state index is 11.5. The molecule has 162 valence electrons. The van der Waals surface area contributed by atoms with Gasteiger partial charge in [-0.3, -0.25) is 4.90 Å². The lowest BCUT2D eigenvalue weighted by molar-refractivity contribution is 0.0291. The van der Waals surface area contributed by atoms with E-state index in [2.05, 4.69) is 63.8 Å². The number of hydrogen-bond acceptors (Lipinski definition) is 3. The van der Waals surface area contributed by atoms with Crippen molar-refractivity contribution in [3.63, 3.8) is 0 Å². The fraction of sp³-hybridized carbons (Fsp3) is 0.556. The zero-order valence-corrected chi connectivity index (χ0v) is 19.1. The molecule has 3 heteroatoms. The molecule has 2 N–H and O–H groups in total. The van der Waals surface area contributed by atoms with Gasteiger partial charge in [-0.25, -0.2) is 0 Å². The third-order valence-corrected chi connectivity index (χ3v) is 7.81. The number of likely N-dealkylation sites (tertiary alicyclic amines) is 1. The number of phenols is 1. The second kappa shape index (κ2) is 7.69. The van der Waals surface area contributed by atoms with Gasteiger partial charge in [0.15, 0.2) is 0 Å². The number of rotatable bonds is 4. The summed E-state index contributed by atoms with van der Waals surface area (Å²) in [5.41, 5.74) is 3.13. The highest BCUT2D eigenvalue weighted by atomic mass is 16.3. The number of aromatic hydroxyl groups is 1. The minimum Gasteiger partial charge on any atom is -0.508 e. The topological polar surface area (TPSA) is 43.7 Å². The predicted molar refractivity (Wildman–Crippen MR) is 123 cm³/mol. The molecule has 30 heavy (non-hydrogen) atoms. The molecule has 0 radical (unpaired) electrons. The molecule has 4 rings (SSSR count). The van der Waals surface area contributed by atoms with Crippen LogP contribution in [-0.4, -0.2) is 34.2 Å². The van der Waals surface area contributed by atoms with E-state index in [9.17, 15) is 10.2 Å². The Morgan fingerprint density at radius 2 is 1.43 bits per heavy atom. The van der Waals surface area contributed by atoms with Crippen molar-refractivity contribution in [2.45, 2.75) is 70.4 Å². The first-order chi connectivity index (χ1) is 14.1. The number of phenolic OH excluding ortho intramolecular Hbond substituents is 1. The summed E-state index contributed by atoms with van der Waals surface area (Å²) in [6, 6.07) is 16.7. The zero-order chi connectivity index (χ0) is 21.7. The maximum Gasteiger partial charge on any atom is 0.115 e. The van der Waals surface area contributed by atoms with E-state index in [-0.39, 0.29) is 5.41 Å². The lowest BCUT2D eigenvalue weighted by Crippen LogP contribution is -2.37. The number of nitrogens with zero attached hydrogens (tertiary/aromatic N) is 1. The Morgan fingerprint density at radius 1 is 0.900 bits per heavy atom. The molecule has 2 fully saturated rings. The van der Waals surface area contributed by atoms with Crippen LogP contribution < -0.4 is 0 Å². The summed E-state index contributed by atoms with van der Waals surface area (Å²) in [6.07, 6.45) is 1.73. The van der Waals surface area contributed by atoms with Gasteiger partial charge in [-0.1, -0.05) is 64.1 Å². The largest absolute Gasteiger partial charge is 0.508 e. The third-order valence-electron chi connectivity index (χ3n) is 7.81. The molecule has 3 nitrogen and oxygen atoms in total. The molecule has 5 atom stereocenters. The summed E-state index contributed by atoms with van der Waals surface area (Å²) < 4.78 is 0. The van der Waals surface area contributed by atoms with E-state index in [1.165, 1.54) is 11.1 Å². The van der Waals surface area contributed by atoms with Crippen LogP contribution in [0.25, 0.3) is 0 Å². The molecule has 1 aliphatic carbocycles. The Labute approximate surface area is 181 Å². The normalized spacial score (nSPS) is 29.0. The van der Waals surface area contributed by atoms with Crippen molar-refractivity contribution in [2.75, 3.05) is 13.1 Å². The molecule has 0 aromatic heterocycles. The summed E-state index contributed by atoms with van der Waals surface area (Å²) in [4.78, 5) is 2.61. The highest BCUT2D eigenvalue weighted by Gasteiger charge is 2.49. The van der Waals surface area contributed by atoms with Gasteiger partial charge in [0.2, 0.25) is 0 Å². The molecule has 1 heterocycles. The SMILES string of the molecule is CC(c1ccc(O)cc1)C(C)N1C[C@@H]2C[C@@](O)(c3ccc(C(C)(C)C)cc3)C[C@@H]2C1. The highest BCUT2D eigenvalue weighted by Crippen LogP contribution is 2.50. The number of fused-ring (bicyclic) bond motifs is 1. The average molecular weight is 408 g/mol. The minimum absolute atomic E-state index is 0.137. The van der Waals surface area contributed by atoms with Crippen LogP contribution in [0.4, 0.5) is 0 Å². The van der Waals surface area contributed by atoms with Crippen molar-refractivity contribution in [2.24, 2.45) is 11.8 Å². The first kappa shape index (κ1) is 21.4. The second-order valence-electron chi connectivity index (χ2n) is 10.9. The fourth-order valence-corrected chi connectivity index (χ4v) is 5.61. The van der Waals surface area contributed by atoms with Crippen LogP contribution in [0.5, 0.6) is 5.75 Å².